The molecule has 2 aromatic rings. The first kappa shape index (κ1) is 15.8. The molecule has 7 heteroatoms. The summed E-state index contributed by atoms with van der Waals surface area (Å²) in [4.78, 5) is 12.1. The van der Waals surface area contributed by atoms with Gasteiger partial charge in [-0.2, -0.15) is 0 Å². The van der Waals surface area contributed by atoms with Crippen LogP contribution < -0.4 is 20.1 Å². The molecule has 0 fully saturated rings. The van der Waals surface area contributed by atoms with E-state index in [4.69, 9.17) is 32.7 Å². The number of anilines is 2. The minimum absolute atomic E-state index is 0.0640. The van der Waals surface area contributed by atoms with Crippen molar-refractivity contribution in [1.29, 1.82) is 0 Å². The molecule has 0 bridgehead atoms. The Kier molecular flexibility index (Phi) is 4.79. The predicted octanol–water partition coefficient (Wildman–Crippen LogP) is 3.82. The molecule has 0 atom stereocenters. The van der Waals surface area contributed by atoms with Crippen LogP contribution in [0.2, 0.25) is 10.0 Å². The van der Waals surface area contributed by atoms with Gasteiger partial charge in [0.05, 0.1) is 28.0 Å². The first-order chi connectivity index (χ1) is 11.1. The van der Waals surface area contributed by atoms with Gasteiger partial charge < -0.3 is 20.1 Å². The van der Waals surface area contributed by atoms with Crippen molar-refractivity contribution < 1.29 is 14.3 Å². The van der Waals surface area contributed by atoms with E-state index in [9.17, 15) is 4.79 Å². The maximum atomic E-state index is 12.1. The zero-order valence-electron chi connectivity index (χ0n) is 12.1. The molecule has 2 N–H and O–H groups in total. The number of para-hydroxylation sites is 1. The van der Waals surface area contributed by atoms with Gasteiger partial charge in [-0.05, 0) is 12.1 Å². The van der Waals surface area contributed by atoms with Gasteiger partial charge in [-0.15, -0.1) is 0 Å². The van der Waals surface area contributed by atoms with Crippen LogP contribution >= 0.6 is 23.2 Å². The van der Waals surface area contributed by atoms with Crippen molar-refractivity contribution >= 4 is 40.5 Å². The molecule has 0 unspecified atom stereocenters. The standard InChI is InChI=1S/C16H14Cl2N2O3/c17-10-3-1-2-4-12(10)19-9-16(21)20-13-8-15-14(7-11(13)18)22-5-6-23-15/h1-4,7-8,19H,5-6,9H2,(H,20,21). The summed E-state index contributed by atoms with van der Waals surface area (Å²) in [6, 6.07) is 10.5. The molecule has 1 heterocycles. The number of carbonyl (C=O) groups excluding carboxylic acids is 1. The van der Waals surface area contributed by atoms with Gasteiger partial charge in [-0.3, -0.25) is 4.79 Å². The van der Waals surface area contributed by atoms with Crippen LogP contribution in [0.25, 0.3) is 0 Å². The lowest BCUT2D eigenvalue weighted by Crippen LogP contribution is -2.22. The number of nitrogens with one attached hydrogen (secondary N) is 2. The molecule has 5 nitrogen and oxygen atoms in total. The average molecular weight is 353 g/mol. The normalized spacial score (nSPS) is 12.6. The lowest BCUT2D eigenvalue weighted by Gasteiger charge is -2.20. The number of carbonyl (C=O) groups is 1. The molecule has 0 aromatic heterocycles. The Morgan fingerprint density at radius 1 is 1.00 bits per heavy atom. The second-order valence-corrected chi connectivity index (χ2v) is 5.67. The molecule has 23 heavy (non-hydrogen) atoms. The summed E-state index contributed by atoms with van der Waals surface area (Å²) in [6.07, 6.45) is 0. The molecule has 0 spiro atoms. The summed E-state index contributed by atoms with van der Waals surface area (Å²) in [7, 11) is 0. The summed E-state index contributed by atoms with van der Waals surface area (Å²) >= 11 is 12.2. The van der Waals surface area contributed by atoms with Gasteiger partial charge in [-0.25, -0.2) is 0 Å². The molecule has 1 aliphatic heterocycles. The number of halogens is 2. The van der Waals surface area contributed by atoms with Crippen molar-refractivity contribution in [3.05, 3.63) is 46.4 Å². The molecule has 3 rings (SSSR count). The predicted molar refractivity (Wildman–Crippen MR) is 91.0 cm³/mol. The summed E-state index contributed by atoms with van der Waals surface area (Å²) in [5, 5.41) is 6.65. The summed E-state index contributed by atoms with van der Waals surface area (Å²) < 4.78 is 10.9. The molecule has 0 aliphatic carbocycles. The minimum atomic E-state index is -0.247. The van der Waals surface area contributed by atoms with Crippen LogP contribution in [0.15, 0.2) is 36.4 Å². The number of hydrogen-bond donors (Lipinski definition) is 2. The van der Waals surface area contributed by atoms with Gasteiger partial charge in [0.1, 0.15) is 13.2 Å². The highest BCUT2D eigenvalue weighted by molar-refractivity contribution is 6.34. The van der Waals surface area contributed by atoms with E-state index in [0.29, 0.717) is 46.1 Å². The summed E-state index contributed by atoms with van der Waals surface area (Å²) in [5.74, 6) is 0.895. The Morgan fingerprint density at radius 2 is 1.70 bits per heavy atom. The van der Waals surface area contributed by atoms with E-state index in [0.717, 1.165) is 0 Å². The van der Waals surface area contributed by atoms with Crippen LogP contribution in [0, 0.1) is 0 Å². The number of hydrogen-bond acceptors (Lipinski definition) is 4. The van der Waals surface area contributed by atoms with Crippen LogP contribution in [0.1, 0.15) is 0 Å². The van der Waals surface area contributed by atoms with E-state index in [1.165, 1.54) is 0 Å². The molecule has 1 amide bonds. The second kappa shape index (κ2) is 6.98. The topological polar surface area (TPSA) is 59.6 Å². The van der Waals surface area contributed by atoms with Gasteiger partial charge in [0.2, 0.25) is 5.91 Å². The maximum absolute atomic E-state index is 12.1. The van der Waals surface area contributed by atoms with Crippen LogP contribution in [0.4, 0.5) is 11.4 Å². The van der Waals surface area contributed by atoms with Crippen LogP contribution in [-0.2, 0) is 4.79 Å². The van der Waals surface area contributed by atoms with Crippen molar-refractivity contribution in [2.24, 2.45) is 0 Å². The minimum Gasteiger partial charge on any atom is -0.486 e. The quantitative estimate of drug-likeness (QED) is 0.878. The zero-order chi connectivity index (χ0) is 16.2. The Labute approximate surface area is 143 Å². The van der Waals surface area contributed by atoms with E-state index in [1.807, 2.05) is 12.1 Å². The van der Waals surface area contributed by atoms with Crippen LogP contribution in [0.3, 0.4) is 0 Å². The summed E-state index contributed by atoms with van der Waals surface area (Å²) in [5.41, 5.74) is 1.17. The van der Waals surface area contributed by atoms with Gasteiger partial charge in [0.15, 0.2) is 11.5 Å². The maximum Gasteiger partial charge on any atom is 0.243 e. The molecular weight excluding hydrogens is 339 g/mol. The first-order valence-corrected chi connectivity index (χ1v) is 7.76. The van der Waals surface area contributed by atoms with Gasteiger partial charge in [0, 0.05) is 12.1 Å². The lowest BCUT2D eigenvalue weighted by molar-refractivity contribution is -0.114. The monoisotopic (exact) mass is 352 g/mol. The highest BCUT2D eigenvalue weighted by Crippen LogP contribution is 2.37. The Hall–Kier alpha value is -2.11. The van der Waals surface area contributed by atoms with E-state index in [1.54, 1.807) is 24.3 Å². The van der Waals surface area contributed by atoms with E-state index in [2.05, 4.69) is 10.6 Å². The lowest BCUT2D eigenvalue weighted by atomic mass is 10.2. The van der Waals surface area contributed by atoms with Crippen LogP contribution in [0.5, 0.6) is 11.5 Å². The fourth-order valence-electron chi connectivity index (χ4n) is 2.13. The molecule has 120 valence electrons. The third-order valence-corrected chi connectivity index (χ3v) is 3.86. The Morgan fingerprint density at radius 3 is 2.43 bits per heavy atom. The van der Waals surface area contributed by atoms with Gasteiger partial charge in [-0.1, -0.05) is 35.3 Å². The van der Waals surface area contributed by atoms with Crippen molar-refractivity contribution in [1.82, 2.24) is 0 Å². The average Bonchev–Trinajstić information content (AvgIpc) is 2.55. The number of amides is 1. The Bertz CT molecular complexity index is 737. The third-order valence-electron chi connectivity index (χ3n) is 3.22. The first-order valence-electron chi connectivity index (χ1n) is 7.01. The number of fused-ring (bicyclic) bond motifs is 1. The SMILES string of the molecule is O=C(CNc1ccccc1Cl)Nc1cc2c(cc1Cl)OCCO2. The Balaban J connectivity index is 1.65. The molecular formula is C16H14Cl2N2O3. The second-order valence-electron chi connectivity index (χ2n) is 4.86. The van der Waals surface area contributed by atoms with E-state index < -0.39 is 0 Å². The molecule has 1 aliphatic rings. The molecule has 0 saturated heterocycles. The fourth-order valence-corrected chi connectivity index (χ4v) is 2.54. The number of benzene rings is 2. The van der Waals surface area contributed by atoms with Crippen molar-refractivity contribution in [3.63, 3.8) is 0 Å². The summed E-state index contributed by atoms with van der Waals surface area (Å²) in [6.45, 7) is 1.02. The molecule has 0 radical (unpaired) electrons. The van der Waals surface area contributed by atoms with E-state index >= 15 is 0 Å². The van der Waals surface area contributed by atoms with Crippen LogP contribution in [-0.4, -0.2) is 25.7 Å². The molecule has 0 saturated carbocycles. The van der Waals surface area contributed by atoms with Crippen molar-refractivity contribution in [3.8, 4) is 11.5 Å². The van der Waals surface area contributed by atoms with Gasteiger partial charge in [0.25, 0.3) is 0 Å². The smallest absolute Gasteiger partial charge is 0.243 e. The van der Waals surface area contributed by atoms with Crippen molar-refractivity contribution in [2.45, 2.75) is 0 Å². The van der Waals surface area contributed by atoms with Crippen molar-refractivity contribution in [2.75, 3.05) is 30.4 Å². The largest absolute Gasteiger partial charge is 0.486 e. The molecule has 2 aromatic carbocycles. The fraction of sp³-hybridized carbons (Fsp3) is 0.188. The highest BCUT2D eigenvalue weighted by Gasteiger charge is 2.16. The number of ether oxygens (including phenoxy) is 2. The van der Waals surface area contributed by atoms with E-state index in [-0.39, 0.29) is 12.5 Å². The highest BCUT2D eigenvalue weighted by atomic mass is 35.5. The zero-order valence-corrected chi connectivity index (χ0v) is 13.6. The number of rotatable bonds is 4. The third kappa shape index (κ3) is 3.81. The van der Waals surface area contributed by atoms with Gasteiger partial charge >= 0.3 is 0 Å².